The topological polar surface area (TPSA) is 70.1 Å². The average Bonchev–Trinajstić information content (AvgIpc) is 2.75. The van der Waals surface area contributed by atoms with Gasteiger partial charge in [-0.15, -0.1) is 0 Å². The highest BCUT2D eigenvalue weighted by Crippen LogP contribution is 2.14. The van der Waals surface area contributed by atoms with Crippen molar-refractivity contribution in [3.63, 3.8) is 0 Å². The molecule has 1 amide bonds. The molecule has 0 aliphatic rings. The minimum Gasteiger partial charge on any atom is -0.440 e. The second-order valence-corrected chi connectivity index (χ2v) is 3.74. The molecule has 1 aromatic heterocycles. The number of rotatable bonds is 5. The smallest absolute Gasteiger partial charge is 0.256 e. The van der Waals surface area contributed by atoms with Crippen molar-refractivity contribution in [1.82, 2.24) is 9.88 Å². The van der Waals surface area contributed by atoms with Gasteiger partial charge in [0.2, 0.25) is 5.91 Å². The van der Waals surface area contributed by atoms with Crippen molar-refractivity contribution in [2.75, 3.05) is 19.3 Å². The zero-order chi connectivity index (χ0) is 11.1. The van der Waals surface area contributed by atoms with Crippen LogP contribution < -0.4 is 0 Å². The summed E-state index contributed by atoms with van der Waals surface area (Å²) in [5.41, 5.74) is 0. The summed E-state index contributed by atoms with van der Waals surface area (Å²) in [6.45, 7) is 0.460. The third-order valence-electron chi connectivity index (χ3n) is 1.71. The molecule has 15 heavy (non-hydrogen) atoms. The van der Waals surface area contributed by atoms with Crippen molar-refractivity contribution >= 4 is 17.7 Å². The molecule has 5 nitrogen and oxygen atoms in total. The lowest BCUT2D eigenvalue weighted by molar-refractivity contribution is -0.127. The molecule has 0 aliphatic carbocycles. The zero-order valence-corrected chi connectivity index (χ0v) is 9.16. The van der Waals surface area contributed by atoms with Crippen LogP contribution in [0.2, 0.25) is 0 Å². The molecule has 0 N–H and O–H groups in total. The fourth-order valence-corrected chi connectivity index (χ4v) is 1.58. The lowest BCUT2D eigenvalue weighted by Gasteiger charge is -2.14. The largest absolute Gasteiger partial charge is 0.440 e. The molecule has 0 bridgehead atoms. The maximum absolute atomic E-state index is 11.5. The summed E-state index contributed by atoms with van der Waals surface area (Å²) in [6.07, 6.45) is 3.35. The Kier molecular flexibility index (Phi) is 4.71. The van der Waals surface area contributed by atoms with Crippen LogP contribution in [0.1, 0.15) is 6.42 Å². The van der Waals surface area contributed by atoms with Crippen LogP contribution >= 0.6 is 11.8 Å². The van der Waals surface area contributed by atoms with Crippen molar-refractivity contribution in [3.05, 3.63) is 12.5 Å². The van der Waals surface area contributed by atoms with Gasteiger partial charge in [-0.1, -0.05) is 11.8 Å². The Hall–Kier alpha value is -1.48. The van der Waals surface area contributed by atoms with Gasteiger partial charge in [-0.05, 0) is 0 Å². The highest BCUT2D eigenvalue weighted by atomic mass is 32.2. The molecule has 0 radical (unpaired) electrons. The molecule has 1 aromatic rings. The highest BCUT2D eigenvalue weighted by molar-refractivity contribution is 7.99. The van der Waals surface area contributed by atoms with Gasteiger partial charge in [0.1, 0.15) is 6.26 Å². The zero-order valence-electron chi connectivity index (χ0n) is 8.34. The molecule has 0 saturated carbocycles. The van der Waals surface area contributed by atoms with E-state index >= 15 is 0 Å². The molecule has 0 saturated heterocycles. The quantitative estimate of drug-likeness (QED) is 0.703. The molecular weight excluding hydrogens is 214 g/mol. The first-order valence-corrected chi connectivity index (χ1v) is 5.36. The summed E-state index contributed by atoms with van der Waals surface area (Å²) < 4.78 is 4.97. The summed E-state index contributed by atoms with van der Waals surface area (Å²) in [5.74, 6) is 0.246. The lowest BCUT2D eigenvalue weighted by atomic mass is 10.4. The molecule has 6 heteroatoms. The van der Waals surface area contributed by atoms with E-state index in [0.29, 0.717) is 18.2 Å². The predicted octanol–water partition coefficient (Wildman–Crippen LogP) is 1.14. The maximum Gasteiger partial charge on any atom is 0.256 e. The van der Waals surface area contributed by atoms with Crippen LogP contribution in [-0.2, 0) is 4.79 Å². The normalized spacial score (nSPS) is 9.60. The SMILES string of the molecule is CN(CCC#N)C(=O)CSc1ncco1. The number of hydrogen-bond acceptors (Lipinski definition) is 5. The van der Waals surface area contributed by atoms with Gasteiger partial charge >= 0.3 is 0 Å². The van der Waals surface area contributed by atoms with Gasteiger partial charge in [-0.25, -0.2) is 4.98 Å². The Labute approximate surface area is 92.1 Å². The van der Waals surface area contributed by atoms with E-state index in [0.717, 1.165) is 0 Å². The fraction of sp³-hybridized carbons (Fsp3) is 0.444. The molecule has 80 valence electrons. The first kappa shape index (κ1) is 11.6. The van der Waals surface area contributed by atoms with Crippen LogP contribution in [0.4, 0.5) is 0 Å². The molecular formula is C9H11N3O2S. The molecule has 0 aliphatic heterocycles. The van der Waals surface area contributed by atoms with Crippen LogP contribution in [-0.4, -0.2) is 35.1 Å². The lowest BCUT2D eigenvalue weighted by Crippen LogP contribution is -2.29. The summed E-state index contributed by atoms with van der Waals surface area (Å²) in [4.78, 5) is 16.9. The maximum atomic E-state index is 11.5. The molecule has 0 aromatic carbocycles. The van der Waals surface area contributed by atoms with Gasteiger partial charge in [0.15, 0.2) is 0 Å². The van der Waals surface area contributed by atoms with Gasteiger partial charge in [0.25, 0.3) is 5.22 Å². The number of carbonyl (C=O) groups excluding carboxylic acids is 1. The Morgan fingerprint density at radius 2 is 2.60 bits per heavy atom. The van der Waals surface area contributed by atoms with E-state index in [2.05, 4.69) is 4.98 Å². The van der Waals surface area contributed by atoms with E-state index in [4.69, 9.17) is 9.68 Å². The van der Waals surface area contributed by atoms with Crippen LogP contribution in [0.25, 0.3) is 0 Å². The summed E-state index contributed by atoms with van der Waals surface area (Å²) in [5, 5.41) is 8.84. The van der Waals surface area contributed by atoms with Gasteiger partial charge in [-0.3, -0.25) is 4.79 Å². The number of thioether (sulfide) groups is 1. The van der Waals surface area contributed by atoms with Crippen LogP contribution in [0.5, 0.6) is 0 Å². The third-order valence-corrected chi connectivity index (χ3v) is 2.55. The Balaban J connectivity index is 2.27. The Morgan fingerprint density at radius 3 is 3.20 bits per heavy atom. The number of hydrogen-bond donors (Lipinski definition) is 0. The standard InChI is InChI=1S/C9H11N3O2S/c1-12(5-2-3-10)8(13)7-15-9-11-4-6-14-9/h4,6H,2,5,7H2,1H3. The van der Waals surface area contributed by atoms with Gasteiger partial charge < -0.3 is 9.32 Å². The molecule has 0 spiro atoms. The Bertz CT molecular complexity index is 345. The van der Waals surface area contributed by atoms with Crippen molar-refractivity contribution in [2.45, 2.75) is 11.6 Å². The van der Waals surface area contributed by atoms with Crippen LogP contribution in [0.15, 0.2) is 22.1 Å². The van der Waals surface area contributed by atoms with Gasteiger partial charge in [0.05, 0.1) is 24.4 Å². The van der Waals surface area contributed by atoms with E-state index < -0.39 is 0 Å². The number of aromatic nitrogens is 1. The average molecular weight is 225 g/mol. The van der Waals surface area contributed by atoms with E-state index in [9.17, 15) is 4.79 Å². The summed E-state index contributed by atoms with van der Waals surface area (Å²) in [6, 6.07) is 1.99. The van der Waals surface area contributed by atoms with Crippen LogP contribution in [0.3, 0.4) is 0 Å². The molecule has 0 unspecified atom stereocenters. The van der Waals surface area contributed by atoms with Crippen molar-refractivity contribution < 1.29 is 9.21 Å². The molecule has 1 heterocycles. The van der Waals surface area contributed by atoms with E-state index in [1.807, 2.05) is 6.07 Å². The first-order valence-electron chi connectivity index (χ1n) is 4.37. The predicted molar refractivity (Wildman–Crippen MR) is 55.1 cm³/mol. The number of carbonyl (C=O) groups is 1. The third kappa shape index (κ3) is 4.04. The number of amides is 1. The number of nitriles is 1. The second kappa shape index (κ2) is 6.09. The first-order chi connectivity index (χ1) is 7.24. The van der Waals surface area contributed by atoms with E-state index in [1.54, 1.807) is 7.05 Å². The number of nitrogens with zero attached hydrogens (tertiary/aromatic N) is 3. The van der Waals surface area contributed by atoms with Gasteiger partial charge in [0, 0.05) is 13.6 Å². The molecule has 0 fully saturated rings. The minimum atomic E-state index is -0.0338. The fourth-order valence-electron chi connectivity index (χ4n) is 0.858. The Morgan fingerprint density at radius 1 is 1.80 bits per heavy atom. The van der Waals surface area contributed by atoms with E-state index in [-0.39, 0.29) is 11.7 Å². The van der Waals surface area contributed by atoms with Crippen molar-refractivity contribution in [2.24, 2.45) is 0 Å². The highest BCUT2D eigenvalue weighted by Gasteiger charge is 2.10. The summed E-state index contributed by atoms with van der Waals surface area (Å²) in [7, 11) is 1.68. The van der Waals surface area contributed by atoms with Gasteiger partial charge in [-0.2, -0.15) is 5.26 Å². The number of oxazole rings is 1. The molecule has 0 atom stereocenters. The van der Waals surface area contributed by atoms with Crippen molar-refractivity contribution in [3.8, 4) is 6.07 Å². The van der Waals surface area contributed by atoms with Crippen molar-refractivity contribution in [1.29, 1.82) is 5.26 Å². The molecule has 1 rings (SSSR count). The summed E-state index contributed by atoms with van der Waals surface area (Å²) >= 11 is 1.25. The van der Waals surface area contributed by atoms with Crippen LogP contribution in [0, 0.1) is 11.3 Å². The monoisotopic (exact) mass is 225 g/mol. The second-order valence-electron chi connectivity index (χ2n) is 2.81. The van der Waals surface area contributed by atoms with E-state index in [1.165, 1.54) is 29.1 Å². The minimum absolute atomic E-state index is 0.0338.